The number of aliphatic hydroxyl groups is 1. The number of rotatable bonds is 2. The van der Waals surface area contributed by atoms with Crippen molar-refractivity contribution in [3.05, 3.63) is 29.8 Å². The summed E-state index contributed by atoms with van der Waals surface area (Å²) in [5, 5.41) is 11.1. The molecule has 0 saturated carbocycles. The van der Waals surface area contributed by atoms with Crippen LogP contribution in [-0.2, 0) is 4.74 Å². The summed E-state index contributed by atoms with van der Waals surface area (Å²) >= 11 is 0. The number of amides is 1. The first-order valence-electron chi connectivity index (χ1n) is 5.29. The highest BCUT2D eigenvalue weighted by Gasteiger charge is 2.04. The Bertz CT molecular complexity index is 426. The molecule has 4 heteroatoms. The summed E-state index contributed by atoms with van der Waals surface area (Å²) in [5.74, 6) is 5.31. The molecule has 0 aromatic heterocycles. The van der Waals surface area contributed by atoms with Crippen LogP contribution in [-0.4, -0.2) is 23.9 Å². The van der Waals surface area contributed by atoms with Gasteiger partial charge in [-0.15, -0.1) is 0 Å². The van der Waals surface area contributed by atoms with E-state index in [-0.39, 0.29) is 12.7 Å². The lowest BCUT2D eigenvalue weighted by atomic mass is 10.2. The van der Waals surface area contributed by atoms with Gasteiger partial charge in [0.1, 0.15) is 6.61 Å². The van der Waals surface area contributed by atoms with E-state index in [2.05, 4.69) is 17.2 Å². The van der Waals surface area contributed by atoms with Gasteiger partial charge in [-0.3, -0.25) is 5.32 Å². The molecule has 1 aromatic rings. The van der Waals surface area contributed by atoms with E-state index < -0.39 is 6.09 Å². The van der Waals surface area contributed by atoms with Crippen molar-refractivity contribution in [2.45, 2.75) is 20.0 Å². The minimum absolute atomic E-state index is 0.148. The average Bonchev–Trinajstić information content (AvgIpc) is 2.27. The van der Waals surface area contributed by atoms with Crippen molar-refractivity contribution in [3.63, 3.8) is 0 Å². The van der Waals surface area contributed by atoms with E-state index in [0.29, 0.717) is 5.69 Å². The summed E-state index contributed by atoms with van der Waals surface area (Å²) in [4.78, 5) is 11.3. The van der Waals surface area contributed by atoms with E-state index in [0.717, 1.165) is 5.56 Å². The first kappa shape index (κ1) is 13.1. The maximum atomic E-state index is 11.3. The fraction of sp³-hybridized carbons (Fsp3) is 0.308. The number of hydrogen-bond donors (Lipinski definition) is 2. The number of carbonyl (C=O) groups is 1. The Kier molecular flexibility index (Phi) is 5.05. The zero-order valence-electron chi connectivity index (χ0n) is 9.86. The molecule has 0 saturated heterocycles. The average molecular weight is 233 g/mol. The Balaban J connectivity index is 2.59. The van der Waals surface area contributed by atoms with E-state index in [1.807, 2.05) is 0 Å². The lowest BCUT2D eigenvalue weighted by Gasteiger charge is -2.09. The standard InChI is InChI=1S/C13H15NO3/c1-10(2)17-13(16)14-12-7-5-11(6-8-12)4-3-9-15/h5-8,10,15H,9H2,1-2H3,(H,14,16). The van der Waals surface area contributed by atoms with Crippen LogP contribution in [0.5, 0.6) is 0 Å². The van der Waals surface area contributed by atoms with Crippen LogP contribution in [0.1, 0.15) is 19.4 Å². The fourth-order valence-electron chi connectivity index (χ4n) is 1.14. The Morgan fingerprint density at radius 2 is 2.06 bits per heavy atom. The molecule has 2 N–H and O–H groups in total. The predicted octanol–water partition coefficient (Wildman–Crippen LogP) is 1.99. The zero-order chi connectivity index (χ0) is 12.7. The monoisotopic (exact) mass is 233 g/mol. The molecule has 0 radical (unpaired) electrons. The lowest BCUT2D eigenvalue weighted by Crippen LogP contribution is -2.17. The summed E-state index contributed by atoms with van der Waals surface area (Å²) in [6.45, 7) is 3.40. The number of aliphatic hydroxyl groups excluding tert-OH is 1. The Labute approximate surface area is 101 Å². The van der Waals surface area contributed by atoms with Crippen molar-refractivity contribution in [2.24, 2.45) is 0 Å². The van der Waals surface area contributed by atoms with Crippen LogP contribution in [0, 0.1) is 11.8 Å². The van der Waals surface area contributed by atoms with Gasteiger partial charge in [0.2, 0.25) is 0 Å². The van der Waals surface area contributed by atoms with Gasteiger partial charge in [-0.05, 0) is 38.1 Å². The molecule has 4 nitrogen and oxygen atoms in total. The highest BCUT2D eigenvalue weighted by Crippen LogP contribution is 2.09. The van der Waals surface area contributed by atoms with Gasteiger partial charge in [0, 0.05) is 11.3 Å². The van der Waals surface area contributed by atoms with Gasteiger partial charge in [-0.25, -0.2) is 4.79 Å². The van der Waals surface area contributed by atoms with Gasteiger partial charge >= 0.3 is 6.09 Å². The van der Waals surface area contributed by atoms with Crippen molar-refractivity contribution < 1.29 is 14.6 Å². The number of hydrogen-bond acceptors (Lipinski definition) is 3. The van der Waals surface area contributed by atoms with E-state index in [9.17, 15) is 4.79 Å². The van der Waals surface area contributed by atoms with Crippen LogP contribution in [0.4, 0.5) is 10.5 Å². The zero-order valence-corrected chi connectivity index (χ0v) is 9.86. The van der Waals surface area contributed by atoms with Crippen LogP contribution in [0.15, 0.2) is 24.3 Å². The number of carbonyl (C=O) groups excluding carboxylic acids is 1. The molecule has 0 atom stereocenters. The van der Waals surface area contributed by atoms with Gasteiger partial charge in [-0.2, -0.15) is 0 Å². The predicted molar refractivity (Wildman–Crippen MR) is 65.6 cm³/mol. The third-order valence-electron chi connectivity index (χ3n) is 1.79. The van der Waals surface area contributed by atoms with Gasteiger partial charge in [0.05, 0.1) is 6.10 Å². The van der Waals surface area contributed by atoms with Gasteiger partial charge < -0.3 is 9.84 Å². The topological polar surface area (TPSA) is 58.6 Å². The summed E-state index contributed by atoms with van der Waals surface area (Å²) in [6.07, 6.45) is -0.626. The third-order valence-corrected chi connectivity index (χ3v) is 1.79. The van der Waals surface area contributed by atoms with Gasteiger partial charge in [-0.1, -0.05) is 11.8 Å². The van der Waals surface area contributed by atoms with Crippen molar-refractivity contribution >= 4 is 11.8 Å². The van der Waals surface area contributed by atoms with Crippen LogP contribution >= 0.6 is 0 Å². The van der Waals surface area contributed by atoms with Crippen molar-refractivity contribution in [3.8, 4) is 11.8 Å². The van der Waals surface area contributed by atoms with Crippen molar-refractivity contribution in [1.82, 2.24) is 0 Å². The van der Waals surface area contributed by atoms with Crippen LogP contribution in [0.3, 0.4) is 0 Å². The SMILES string of the molecule is CC(C)OC(=O)Nc1ccc(C#CCO)cc1. The molecular weight excluding hydrogens is 218 g/mol. The lowest BCUT2D eigenvalue weighted by molar-refractivity contribution is 0.130. The Morgan fingerprint density at radius 3 is 2.59 bits per heavy atom. The summed E-state index contributed by atoms with van der Waals surface area (Å²) < 4.78 is 4.94. The molecule has 1 amide bonds. The van der Waals surface area contributed by atoms with Crippen molar-refractivity contribution in [1.29, 1.82) is 0 Å². The number of anilines is 1. The minimum atomic E-state index is -0.478. The third kappa shape index (κ3) is 5.05. The smallest absolute Gasteiger partial charge is 0.411 e. The summed E-state index contributed by atoms with van der Waals surface area (Å²) in [5.41, 5.74) is 1.42. The van der Waals surface area contributed by atoms with E-state index in [1.165, 1.54) is 0 Å². The van der Waals surface area contributed by atoms with E-state index in [1.54, 1.807) is 38.1 Å². The molecule has 0 spiro atoms. The molecule has 1 rings (SSSR count). The molecule has 0 bridgehead atoms. The second kappa shape index (κ2) is 6.56. The normalized spacial score (nSPS) is 9.41. The Morgan fingerprint density at radius 1 is 1.41 bits per heavy atom. The molecule has 0 fully saturated rings. The minimum Gasteiger partial charge on any atom is -0.447 e. The van der Waals surface area contributed by atoms with Gasteiger partial charge in [0.25, 0.3) is 0 Å². The second-order valence-corrected chi connectivity index (χ2v) is 3.62. The summed E-state index contributed by atoms with van der Waals surface area (Å²) in [6, 6.07) is 6.97. The molecule has 0 unspecified atom stereocenters. The molecule has 0 heterocycles. The highest BCUT2D eigenvalue weighted by molar-refractivity contribution is 5.84. The molecule has 90 valence electrons. The molecule has 0 aliphatic carbocycles. The Hall–Kier alpha value is -1.99. The molecule has 1 aromatic carbocycles. The number of nitrogens with one attached hydrogen (secondary N) is 1. The first-order chi connectivity index (χ1) is 8.11. The van der Waals surface area contributed by atoms with Crippen LogP contribution in [0.2, 0.25) is 0 Å². The van der Waals surface area contributed by atoms with Crippen molar-refractivity contribution in [2.75, 3.05) is 11.9 Å². The number of benzene rings is 1. The molecular formula is C13H15NO3. The molecule has 17 heavy (non-hydrogen) atoms. The summed E-state index contributed by atoms with van der Waals surface area (Å²) in [7, 11) is 0. The first-order valence-corrected chi connectivity index (χ1v) is 5.29. The molecule has 0 aliphatic rings. The van der Waals surface area contributed by atoms with Gasteiger partial charge in [0.15, 0.2) is 0 Å². The quantitative estimate of drug-likeness (QED) is 0.768. The second-order valence-electron chi connectivity index (χ2n) is 3.62. The van der Waals surface area contributed by atoms with Crippen LogP contribution < -0.4 is 5.32 Å². The number of ether oxygens (including phenoxy) is 1. The largest absolute Gasteiger partial charge is 0.447 e. The maximum absolute atomic E-state index is 11.3. The highest BCUT2D eigenvalue weighted by atomic mass is 16.6. The fourth-order valence-corrected chi connectivity index (χ4v) is 1.14. The van der Waals surface area contributed by atoms with E-state index >= 15 is 0 Å². The maximum Gasteiger partial charge on any atom is 0.411 e. The van der Waals surface area contributed by atoms with Crippen LogP contribution in [0.25, 0.3) is 0 Å². The molecule has 0 aliphatic heterocycles. The van der Waals surface area contributed by atoms with E-state index in [4.69, 9.17) is 9.84 Å².